The van der Waals surface area contributed by atoms with Crippen LogP contribution in [0.4, 0.5) is 0 Å². The third kappa shape index (κ3) is 4.50. The van der Waals surface area contributed by atoms with Crippen molar-refractivity contribution in [1.82, 2.24) is 19.8 Å². The van der Waals surface area contributed by atoms with Crippen LogP contribution in [0.1, 0.15) is 73.0 Å². The monoisotopic (exact) mass is 468 g/mol. The van der Waals surface area contributed by atoms with E-state index in [1.54, 1.807) is 20.2 Å². The van der Waals surface area contributed by atoms with Gasteiger partial charge in [0.05, 0.1) is 5.41 Å². The highest BCUT2D eigenvalue weighted by Gasteiger charge is 2.47. The molecule has 0 bridgehead atoms. The van der Waals surface area contributed by atoms with Gasteiger partial charge in [-0.2, -0.15) is 0 Å². The molecule has 6 nitrogen and oxygen atoms in total. The number of aryl methyl sites for hydroxylation is 1. The van der Waals surface area contributed by atoms with E-state index in [0.717, 1.165) is 56.3 Å². The first-order valence-electron chi connectivity index (χ1n) is 11.8. The number of likely N-dealkylation sites (tertiary alicyclic amines) is 1. The number of carbonyl (C=O) groups is 2. The Balaban J connectivity index is 1.65. The third-order valence-electron chi connectivity index (χ3n) is 7.27. The van der Waals surface area contributed by atoms with E-state index in [4.69, 9.17) is 16.6 Å². The van der Waals surface area contributed by atoms with Gasteiger partial charge in [-0.1, -0.05) is 43.5 Å². The summed E-state index contributed by atoms with van der Waals surface area (Å²) in [4.78, 5) is 39.5. The fourth-order valence-electron chi connectivity index (χ4n) is 5.45. The van der Waals surface area contributed by atoms with Crippen molar-refractivity contribution in [2.24, 2.45) is 0 Å². The molecule has 1 saturated carbocycles. The van der Waals surface area contributed by atoms with Crippen molar-refractivity contribution in [3.8, 4) is 0 Å². The summed E-state index contributed by atoms with van der Waals surface area (Å²) in [7, 11) is 3.44. The van der Waals surface area contributed by atoms with Crippen molar-refractivity contribution in [2.45, 2.75) is 63.2 Å². The molecule has 4 rings (SSSR count). The maximum atomic E-state index is 14.0. The number of piperidine rings is 1. The van der Waals surface area contributed by atoms with Gasteiger partial charge in [0.25, 0.3) is 5.91 Å². The van der Waals surface area contributed by atoms with Gasteiger partial charge in [-0.15, -0.1) is 0 Å². The van der Waals surface area contributed by atoms with Crippen molar-refractivity contribution < 1.29 is 9.59 Å². The SMILES string of the molecule is Cc1cc(C(=O)N(C)C)nc([C@]2(C)CCCN(C(=O)C3(c4ccc(Cl)cc4)CCCC3)C2)n1. The quantitative estimate of drug-likeness (QED) is 0.661. The fraction of sp³-hybridized carbons (Fsp3) is 0.538. The number of halogens is 1. The minimum atomic E-state index is -0.484. The molecule has 0 N–H and O–H groups in total. The normalized spacial score (nSPS) is 22.3. The van der Waals surface area contributed by atoms with Gasteiger partial charge >= 0.3 is 0 Å². The molecule has 1 aliphatic heterocycles. The van der Waals surface area contributed by atoms with E-state index in [1.165, 1.54) is 4.90 Å². The van der Waals surface area contributed by atoms with Crippen LogP contribution < -0.4 is 0 Å². The van der Waals surface area contributed by atoms with Gasteiger partial charge in [0.1, 0.15) is 11.5 Å². The van der Waals surface area contributed by atoms with Crippen molar-refractivity contribution in [3.63, 3.8) is 0 Å². The van der Waals surface area contributed by atoms with Crippen LogP contribution in [-0.4, -0.2) is 58.8 Å². The molecule has 2 aromatic rings. The third-order valence-corrected chi connectivity index (χ3v) is 7.52. The van der Waals surface area contributed by atoms with E-state index < -0.39 is 10.8 Å². The molecule has 2 aliphatic rings. The molecule has 0 unspecified atom stereocenters. The van der Waals surface area contributed by atoms with Gasteiger partial charge in [0, 0.05) is 43.3 Å². The van der Waals surface area contributed by atoms with E-state index in [9.17, 15) is 9.59 Å². The zero-order chi connectivity index (χ0) is 23.8. The van der Waals surface area contributed by atoms with Gasteiger partial charge in [-0.05, 0) is 56.4 Å². The summed E-state index contributed by atoms with van der Waals surface area (Å²) in [5.74, 6) is 0.712. The maximum Gasteiger partial charge on any atom is 0.272 e. The fourth-order valence-corrected chi connectivity index (χ4v) is 5.57. The zero-order valence-electron chi connectivity index (χ0n) is 20.0. The minimum absolute atomic E-state index is 0.137. The average Bonchev–Trinajstić information content (AvgIpc) is 3.29. The van der Waals surface area contributed by atoms with Crippen molar-refractivity contribution in [1.29, 1.82) is 0 Å². The summed E-state index contributed by atoms with van der Waals surface area (Å²) in [5.41, 5.74) is 1.35. The molecular weight excluding hydrogens is 436 g/mol. The summed E-state index contributed by atoms with van der Waals surface area (Å²) in [5, 5.41) is 0.685. The summed E-state index contributed by atoms with van der Waals surface area (Å²) in [6.07, 6.45) is 5.59. The molecule has 0 radical (unpaired) electrons. The van der Waals surface area contributed by atoms with Crippen LogP contribution in [0.5, 0.6) is 0 Å². The van der Waals surface area contributed by atoms with E-state index in [0.29, 0.717) is 23.1 Å². The van der Waals surface area contributed by atoms with Gasteiger partial charge < -0.3 is 9.80 Å². The van der Waals surface area contributed by atoms with Gasteiger partial charge in [-0.3, -0.25) is 9.59 Å². The average molecular weight is 469 g/mol. The van der Waals surface area contributed by atoms with Crippen LogP contribution >= 0.6 is 11.6 Å². The molecule has 1 aliphatic carbocycles. The molecule has 2 heterocycles. The number of hydrogen-bond donors (Lipinski definition) is 0. The van der Waals surface area contributed by atoms with E-state index >= 15 is 0 Å². The van der Waals surface area contributed by atoms with Gasteiger partial charge in [-0.25, -0.2) is 9.97 Å². The second kappa shape index (κ2) is 9.05. The smallest absolute Gasteiger partial charge is 0.272 e. The number of nitrogens with zero attached hydrogens (tertiary/aromatic N) is 4. The van der Waals surface area contributed by atoms with Crippen LogP contribution in [0.25, 0.3) is 0 Å². The number of benzene rings is 1. The lowest BCUT2D eigenvalue weighted by Gasteiger charge is -2.43. The molecule has 1 aromatic carbocycles. The molecule has 1 aromatic heterocycles. The van der Waals surface area contributed by atoms with Crippen molar-refractivity contribution in [2.75, 3.05) is 27.2 Å². The Morgan fingerprint density at radius 2 is 1.70 bits per heavy atom. The summed E-state index contributed by atoms with van der Waals surface area (Å²) in [6, 6.07) is 9.52. The predicted octanol–water partition coefficient (Wildman–Crippen LogP) is 4.53. The standard InChI is InChI=1S/C26H33ClN4O2/c1-18-16-21(22(32)30(3)4)29-23(28-18)25(2)12-7-15-31(17-25)24(33)26(13-5-6-14-26)19-8-10-20(27)11-9-19/h8-11,16H,5-7,12-15,17H2,1-4H3/t25-/m1/s1. The molecule has 7 heteroatoms. The Kier molecular flexibility index (Phi) is 6.50. The molecule has 176 valence electrons. The number of amides is 2. The highest BCUT2D eigenvalue weighted by atomic mass is 35.5. The van der Waals surface area contributed by atoms with Crippen molar-refractivity contribution in [3.05, 3.63) is 58.1 Å². The van der Waals surface area contributed by atoms with Gasteiger partial charge in [0.15, 0.2) is 0 Å². The predicted molar refractivity (Wildman–Crippen MR) is 130 cm³/mol. The first-order valence-corrected chi connectivity index (χ1v) is 12.2. The van der Waals surface area contributed by atoms with Crippen molar-refractivity contribution >= 4 is 23.4 Å². The van der Waals surface area contributed by atoms with E-state index in [1.807, 2.05) is 36.1 Å². The number of carbonyl (C=O) groups excluding carboxylic acids is 2. The van der Waals surface area contributed by atoms with Crippen LogP contribution in [0.15, 0.2) is 30.3 Å². The van der Waals surface area contributed by atoms with Crippen LogP contribution in [0.2, 0.25) is 5.02 Å². The summed E-state index contributed by atoms with van der Waals surface area (Å²) >= 11 is 6.13. The summed E-state index contributed by atoms with van der Waals surface area (Å²) in [6.45, 7) is 5.30. The van der Waals surface area contributed by atoms with E-state index in [-0.39, 0.29) is 11.8 Å². The molecule has 2 fully saturated rings. The lowest BCUT2D eigenvalue weighted by Crippen LogP contribution is -2.53. The number of rotatable bonds is 4. The highest BCUT2D eigenvalue weighted by Crippen LogP contribution is 2.44. The topological polar surface area (TPSA) is 66.4 Å². The second-order valence-electron chi connectivity index (χ2n) is 10.1. The van der Waals surface area contributed by atoms with Crippen LogP contribution in [0.3, 0.4) is 0 Å². The largest absolute Gasteiger partial charge is 0.343 e. The molecule has 2 amide bonds. The lowest BCUT2D eigenvalue weighted by molar-refractivity contribution is -0.139. The lowest BCUT2D eigenvalue weighted by atomic mass is 9.75. The summed E-state index contributed by atoms with van der Waals surface area (Å²) < 4.78 is 0. The molecule has 1 saturated heterocycles. The second-order valence-corrected chi connectivity index (χ2v) is 10.5. The van der Waals surface area contributed by atoms with E-state index in [2.05, 4.69) is 11.9 Å². The van der Waals surface area contributed by atoms with Crippen LogP contribution in [0, 0.1) is 6.92 Å². The first kappa shape index (κ1) is 23.7. The Labute approximate surface area is 201 Å². The molecule has 1 atom stereocenters. The Morgan fingerprint density at radius 3 is 2.33 bits per heavy atom. The highest BCUT2D eigenvalue weighted by molar-refractivity contribution is 6.30. The van der Waals surface area contributed by atoms with Crippen LogP contribution in [-0.2, 0) is 15.6 Å². The Morgan fingerprint density at radius 1 is 1.03 bits per heavy atom. The Bertz CT molecular complexity index is 1050. The van der Waals surface area contributed by atoms with Gasteiger partial charge in [0.2, 0.25) is 5.91 Å². The first-order chi connectivity index (χ1) is 15.6. The number of aromatic nitrogens is 2. The molecule has 33 heavy (non-hydrogen) atoms. The molecule has 0 spiro atoms. The minimum Gasteiger partial charge on any atom is -0.343 e. The maximum absolute atomic E-state index is 14.0. The number of hydrogen-bond acceptors (Lipinski definition) is 4. The zero-order valence-corrected chi connectivity index (χ0v) is 20.8. The molecular formula is C26H33ClN4O2. The Hall–Kier alpha value is -2.47.